The molecule has 1 aromatic rings. The number of rotatable bonds is 9. The molecule has 0 amide bonds. The van der Waals surface area contributed by atoms with Crippen molar-refractivity contribution in [3.63, 3.8) is 0 Å². The van der Waals surface area contributed by atoms with Gasteiger partial charge in [0.1, 0.15) is 0 Å². The average Bonchev–Trinajstić information content (AvgIpc) is 3.11. The van der Waals surface area contributed by atoms with Gasteiger partial charge in [0.25, 0.3) is 0 Å². The van der Waals surface area contributed by atoms with Gasteiger partial charge in [-0.15, -0.1) is 24.0 Å². The average molecular weight is 476 g/mol. The number of hydrogen-bond acceptors (Lipinski definition) is 4. The van der Waals surface area contributed by atoms with Crippen molar-refractivity contribution in [3.05, 3.63) is 35.4 Å². The summed E-state index contributed by atoms with van der Waals surface area (Å²) in [7, 11) is 5.97. The Morgan fingerprint density at radius 2 is 2.04 bits per heavy atom. The smallest absolute Gasteiger partial charge is 0.191 e. The van der Waals surface area contributed by atoms with Crippen LogP contribution in [0.2, 0.25) is 0 Å². The molecule has 7 heteroatoms. The van der Waals surface area contributed by atoms with Crippen molar-refractivity contribution in [3.8, 4) is 0 Å². The van der Waals surface area contributed by atoms with Gasteiger partial charge in [0.2, 0.25) is 0 Å². The van der Waals surface area contributed by atoms with Gasteiger partial charge in [0.15, 0.2) is 5.96 Å². The summed E-state index contributed by atoms with van der Waals surface area (Å²) in [5, 5.41) is 6.73. The van der Waals surface area contributed by atoms with Gasteiger partial charge in [-0.2, -0.15) is 0 Å². The molecule has 1 saturated heterocycles. The number of guanidine groups is 1. The van der Waals surface area contributed by atoms with Gasteiger partial charge >= 0.3 is 0 Å². The Labute approximate surface area is 174 Å². The molecule has 2 rings (SSSR count). The van der Waals surface area contributed by atoms with Crippen LogP contribution < -0.4 is 10.6 Å². The van der Waals surface area contributed by atoms with Crippen molar-refractivity contribution >= 4 is 29.9 Å². The maximum Gasteiger partial charge on any atom is 0.191 e. The Morgan fingerprint density at radius 3 is 2.69 bits per heavy atom. The van der Waals surface area contributed by atoms with Crippen LogP contribution in [0.15, 0.2) is 29.3 Å². The van der Waals surface area contributed by atoms with Gasteiger partial charge < -0.3 is 25.0 Å². The molecule has 1 heterocycles. The van der Waals surface area contributed by atoms with Crippen LogP contribution >= 0.6 is 24.0 Å². The van der Waals surface area contributed by atoms with E-state index >= 15 is 0 Å². The van der Waals surface area contributed by atoms with Gasteiger partial charge in [-0.05, 0) is 38.1 Å². The Kier molecular flexibility index (Phi) is 11.8. The van der Waals surface area contributed by atoms with Crippen molar-refractivity contribution in [2.75, 3.05) is 47.5 Å². The summed E-state index contributed by atoms with van der Waals surface area (Å²) in [5.41, 5.74) is 2.63. The van der Waals surface area contributed by atoms with E-state index in [1.54, 1.807) is 7.05 Å². The molecule has 1 aromatic carbocycles. The second-order valence-electron chi connectivity index (χ2n) is 6.57. The van der Waals surface area contributed by atoms with Crippen LogP contribution in [0.4, 0.5) is 0 Å². The quantitative estimate of drug-likeness (QED) is 0.248. The molecule has 0 spiro atoms. The number of nitrogens with zero attached hydrogens (tertiary/aromatic N) is 2. The van der Waals surface area contributed by atoms with Crippen LogP contribution in [-0.2, 0) is 22.6 Å². The molecule has 1 aliphatic heterocycles. The minimum Gasteiger partial charge on any atom is -0.379 e. The largest absolute Gasteiger partial charge is 0.379 e. The summed E-state index contributed by atoms with van der Waals surface area (Å²) >= 11 is 0. The fourth-order valence-electron chi connectivity index (χ4n) is 2.80. The first-order valence-electron chi connectivity index (χ1n) is 9.04. The molecule has 0 aliphatic carbocycles. The molecule has 1 fully saturated rings. The summed E-state index contributed by atoms with van der Waals surface area (Å²) < 4.78 is 11.1. The Hall–Kier alpha value is -0.900. The third kappa shape index (κ3) is 8.66. The van der Waals surface area contributed by atoms with Crippen molar-refractivity contribution < 1.29 is 9.47 Å². The molecule has 0 aromatic heterocycles. The van der Waals surface area contributed by atoms with E-state index in [1.165, 1.54) is 11.1 Å². The third-order valence-corrected chi connectivity index (χ3v) is 4.13. The van der Waals surface area contributed by atoms with Crippen LogP contribution in [0.3, 0.4) is 0 Å². The molecule has 1 atom stereocenters. The van der Waals surface area contributed by atoms with E-state index in [0.717, 1.165) is 58.3 Å². The van der Waals surface area contributed by atoms with Crippen molar-refractivity contribution in [2.45, 2.75) is 32.0 Å². The van der Waals surface area contributed by atoms with Gasteiger partial charge in [0, 0.05) is 39.9 Å². The summed E-state index contributed by atoms with van der Waals surface area (Å²) in [4.78, 5) is 6.47. The molecule has 26 heavy (non-hydrogen) atoms. The van der Waals surface area contributed by atoms with E-state index in [1.807, 2.05) is 0 Å². The van der Waals surface area contributed by atoms with E-state index in [0.29, 0.717) is 0 Å². The number of aliphatic imine (C=N–C) groups is 1. The normalized spacial score (nSPS) is 17.2. The zero-order valence-corrected chi connectivity index (χ0v) is 18.5. The molecule has 0 radical (unpaired) electrons. The minimum absolute atomic E-state index is 0. The number of ether oxygens (including phenoxy) is 2. The van der Waals surface area contributed by atoms with Crippen LogP contribution in [-0.4, -0.2) is 64.5 Å². The monoisotopic (exact) mass is 476 g/mol. The number of hydrogen-bond donors (Lipinski definition) is 2. The summed E-state index contributed by atoms with van der Waals surface area (Å²) in [6.45, 7) is 4.86. The van der Waals surface area contributed by atoms with Crippen LogP contribution in [0.25, 0.3) is 0 Å². The van der Waals surface area contributed by atoms with Crippen LogP contribution in [0.5, 0.6) is 0 Å². The predicted octanol–water partition coefficient (Wildman–Crippen LogP) is 2.23. The molecule has 0 bridgehead atoms. The van der Waals surface area contributed by atoms with E-state index in [4.69, 9.17) is 9.47 Å². The van der Waals surface area contributed by atoms with Gasteiger partial charge in [0.05, 0.1) is 12.7 Å². The molecule has 1 aliphatic rings. The Morgan fingerprint density at radius 1 is 1.27 bits per heavy atom. The summed E-state index contributed by atoms with van der Waals surface area (Å²) in [5.74, 6) is 0.823. The lowest BCUT2D eigenvalue weighted by Gasteiger charge is -2.16. The molecular weight excluding hydrogens is 443 g/mol. The van der Waals surface area contributed by atoms with Crippen molar-refractivity contribution in [1.29, 1.82) is 0 Å². The second kappa shape index (κ2) is 13.3. The highest BCUT2D eigenvalue weighted by atomic mass is 127. The minimum atomic E-state index is 0. The number of benzene rings is 1. The second-order valence-corrected chi connectivity index (χ2v) is 6.57. The zero-order valence-electron chi connectivity index (χ0n) is 16.2. The number of halogens is 1. The molecule has 1 unspecified atom stereocenters. The van der Waals surface area contributed by atoms with Crippen LogP contribution in [0, 0.1) is 0 Å². The highest BCUT2D eigenvalue weighted by Gasteiger charge is 2.15. The van der Waals surface area contributed by atoms with E-state index in [9.17, 15) is 0 Å². The first kappa shape index (κ1) is 23.1. The predicted molar refractivity (Wildman–Crippen MR) is 117 cm³/mol. The summed E-state index contributed by atoms with van der Waals surface area (Å²) in [6.07, 6.45) is 2.25. The molecule has 0 saturated carbocycles. The first-order valence-corrected chi connectivity index (χ1v) is 9.04. The SMILES string of the molecule is CN=C(NCCCOC1CCOC1)NCc1ccccc1CN(C)C.I. The van der Waals surface area contributed by atoms with E-state index in [-0.39, 0.29) is 30.1 Å². The lowest BCUT2D eigenvalue weighted by atomic mass is 10.1. The van der Waals surface area contributed by atoms with Gasteiger partial charge in [-0.1, -0.05) is 24.3 Å². The third-order valence-electron chi connectivity index (χ3n) is 4.13. The summed E-state index contributed by atoms with van der Waals surface area (Å²) in [6, 6.07) is 8.51. The van der Waals surface area contributed by atoms with Crippen LogP contribution in [0.1, 0.15) is 24.0 Å². The van der Waals surface area contributed by atoms with Gasteiger partial charge in [-0.25, -0.2) is 0 Å². The molecular formula is C19H33IN4O2. The van der Waals surface area contributed by atoms with E-state index < -0.39 is 0 Å². The topological polar surface area (TPSA) is 58.1 Å². The van der Waals surface area contributed by atoms with Gasteiger partial charge in [-0.3, -0.25) is 4.99 Å². The maximum absolute atomic E-state index is 5.77. The highest BCUT2D eigenvalue weighted by molar-refractivity contribution is 14.0. The first-order chi connectivity index (χ1) is 12.2. The van der Waals surface area contributed by atoms with E-state index in [2.05, 4.69) is 58.9 Å². The fourth-order valence-corrected chi connectivity index (χ4v) is 2.80. The molecule has 148 valence electrons. The molecule has 2 N–H and O–H groups in total. The Bertz CT molecular complexity index is 534. The molecule has 6 nitrogen and oxygen atoms in total. The number of nitrogens with one attached hydrogen (secondary N) is 2. The fraction of sp³-hybridized carbons (Fsp3) is 0.632. The Balaban J connectivity index is 0.00000338. The zero-order chi connectivity index (χ0) is 17.9. The van der Waals surface area contributed by atoms with Crippen molar-refractivity contribution in [2.24, 2.45) is 4.99 Å². The lowest BCUT2D eigenvalue weighted by Crippen LogP contribution is -2.38. The van der Waals surface area contributed by atoms with Crippen molar-refractivity contribution in [1.82, 2.24) is 15.5 Å². The lowest BCUT2D eigenvalue weighted by molar-refractivity contribution is 0.0420. The maximum atomic E-state index is 5.77. The standard InChI is InChI=1S/C19H32N4O2.HI/c1-20-19(21-10-6-11-25-18-9-12-24-15-18)22-13-16-7-4-5-8-17(16)14-23(2)3;/h4-5,7-8,18H,6,9-15H2,1-3H3,(H2,20,21,22);1H. The highest BCUT2D eigenvalue weighted by Crippen LogP contribution is 2.10.